The van der Waals surface area contributed by atoms with E-state index < -0.39 is 0 Å². The van der Waals surface area contributed by atoms with Crippen molar-refractivity contribution in [2.45, 2.75) is 25.4 Å². The molecule has 1 aliphatic rings. The molecular formula is C8H10SSe. The van der Waals surface area contributed by atoms with Crippen LogP contribution in [0.15, 0.2) is 0 Å². The van der Waals surface area contributed by atoms with Crippen molar-refractivity contribution >= 4 is 26.3 Å². The van der Waals surface area contributed by atoms with Crippen molar-refractivity contribution in [3.8, 4) is 0 Å². The molecule has 1 aromatic rings. The van der Waals surface area contributed by atoms with Gasteiger partial charge in [-0.3, -0.25) is 0 Å². The Kier molecular flexibility index (Phi) is 1.71. The first-order chi connectivity index (χ1) is 4.79. The molecule has 0 saturated heterocycles. The van der Waals surface area contributed by atoms with Crippen molar-refractivity contribution in [2.24, 2.45) is 0 Å². The summed E-state index contributed by atoms with van der Waals surface area (Å²) in [5.74, 6) is 2.58. The van der Waals surface area contributed by atoms with E-state index in [4.69, 9.17) is 0 Å². The fourth-order valence-corrected chi connectivity index (χ4v) is 5.42. The standard InChI is InChI=1S/C8H10SSe/c1-5-7-3-9-4-8(7)6(2)10-5/h3-4H2,1-2H3. The van der Waals surface area contributed by atoms with Crippen molar-refractivity contribution in [1.82, 2.24) is 0 Å². The van der Waals surface area contributed by atoms with Gasteiger partial charge >= 0.3 is 71.6 Å². The Hall–Kier alpha value is 0.349. The number of hydrogen-bond acceptors (Lipinski definition) is 1. The van der Waals surface area contributed by atoms with Crippen LogP contribution in [0.2, 0.25) is 0 Å². The molecule has 0 saturated carbocycles. The van der Waals surface area contributed by atoms with E-state index in [0.29, 0.717) is 0 Å². The summed E-state index contributed by atoms with van der Waals surface area (Å²) in [4.78, 5) is 0. The van der Waals surface area contributed by atoms with Gasteiger partial charge in [0, 0.05) is 0 Å². The molecule has 0 nitrogen and oxygen atoms in total. The Morgan fingerprint density at radius 3 is 2.10 bits per heavy atom. The number of rotatable bonds is 0. The van der Waals surface area contributed by atoms with Gasteiger partial charge in [-0.15, -0.1) is 0 Å². The van der Waals surface area contributed by atoms with Gasteiger partial charge in [-0.25, -0.2) is 0 Å². The van der Waals surface area contributed by atoms with Crippen molar-refractivity contribution in [2.75, 3.05) is 0 Å². The zero-order valence-corrected chi connectivity index (χ0v) is 8.76. The first-order valence-electron chi connectivity index (χ1n) is 3.44. The predicted molar refractivity (Wildman–Crippen MR) is 47.9 cm³/mol. The molecule has 0 bridgehead atoms. The first-order valence-corrected chi connectivity index (χ1v) is 6.31. The summed E-state index contributed by atoms with van der Waals surface area (Å²) in [5, 5.41) is 0. The zero-order chi connectivity index (χ0) is 7.14. The van der Waals surface area contributed by atoms with Gasteiger partial charge in [0.25, 0.3) is 0 Å². The van der Waals surface area contributed by atoms with Crippen molar-refractivity contribution in [1.29, 1.82) is 0 Å². The summed E-state index contributed by atoms with van der Waals surface area (Å²) in [5.41, 5.74) is 3.39. The number of fused-ring (bicyclic) bond motifs is 1. The van der Waals surface area contributed by atoms with Gasteiger partial charge in [0.05, 0.1) is 0 Å². The Bertz CT molecular complexity index is 238. The third kappa shape index (κ3) is 0.903. The average molecular weight is 217 g/mol. The molecule has 2 rings (SSSR count). The van der Waals surface area contributed by atoms with Crippen LogP contribution in [0.1, 0.15) is 20.0 Å². The molecule has 1 aromatic heterocycles. The van der Waals surface area contributed by atoms with E-state index in [0.717, 1.165) is 14.5 Å². The molecule has 2 heterocycles. The van der Waals surface area contributed by atoms with Crippen LogP contribution in [0.25, 0.3) is 0 Å². The van der Waals surface area contributed by atoms with Gasteiger partial charge in [-0.05, 0) is 0 Å². The molecule has 0 fully saturated rings. The molecule has 1 aliphatic heterocycles. The van der Waals surface area contributed by atoms with Gasteiger partial charge < -0.3 is 0 Å². The number of thioether (sulfide) groups is 1. The molecule has 0 spiro atoms. The Labute approximate surface area is 71.8 Å². The monoisotopic (exact) mass is 218 g/mol. The zero-order valence-electron chi connectivity index (χ0n) is 6.23. The summed E-state index contributed by atoms with van der Waals surface area (Å²) in [6, 6.07) is 0. The van der Waals surface area contributed by atoms with E-state index in [2.05, 4.69) is 25.6 Å². The topological polar surface area (TPSA) is 0 Å². The normalized spacial score (nSPS) is 15.8. The summed E-state index contributed by atoms with van der Waals surface area (Å²) in [6.07, 6.45) is 0. The SMILES string of the molecule is Cc1[se]c(C)c2c1CSC2. The third-order valence-electron chi connectivity index (χ3n) is 2.01. The fraction of sp³-hybridized carbons (Fsp3) is 0.500. The summed E-state index contributed by atoms with van der Waals surface area (Å²) in [7, 11) is 0. The van der Waals surface area contributed by atoms with Gasteiger partial charge in [0.2, 0.25) is 0 Å². The predicted octanol–water partition coefficient (Wildman–Crippen LogP) is 2.11. The van der Waals surface area contributed by atoms with Crippen LogP contribution in [0, 0.1) is 13.8 Å². The van der Waals surface area contributed by atoms with Crippen LogP contribution in [0.3, 0.4) is 0 Å². The molecular weight excluding hydrogens is 207 g/mol. The summed E-state index contributed by atoms with van der Waals surface area (Å²) in [6.45, 7) is 4.61. The molecule has 0 aliphatic carbocycles. The Morgan fingerprint density at radius 2 is 1.60 bits per heavy atom. The molecule has 0 N–H and O–H groups in total. The van der Waals surface area contributed by atoms with Gasteiger partial charge in [-0.1, -0.05) is 0 Å². The minimum atomic E-state index is 0.728. The van der Waals surface area contributed by atoms with Crippen LogP contribution in [0.4, 0.5) is 0 Å². The fourth-order valence-electron chi connectivity index (χ4n) is 1.41. The molecule has 2 heteroatoms. The minimum absolute atomic E-state index is 0.728. The van der Waals surface area contributed by atoms with Crippen LogP contribution in [-0.4, -0.2) is 14.5 Å². The third-order valence-corrected chi connectivity index (χ3v) is 5.32. The molecule has 0 radical (unpaired) electrons. The molecule has 0 amide bonds. The van der Waals surface area contributed by atoms with Crippen molar-refractivity contribution in [3.63, 3.8) is 0 Å². The molecule has 0 unspecified atom stereocenters. The van der Waals surface area contributed by atoms with Gasteiger partial charge in [0.1, 0.15) is 0 Å². The number of hydrogen-bond donors (Lipinski definition) is 0. The Balaban J connectivity index is 2.61. The average Bonchev–Trinajstić information content (AvgIpc) is 2.39. The molecule has 10 heavy (non-hydrogen) atoms. The van der Waals surface area contributed by atoms with Gasteiger partial charge in [-0.2, -0.15) is 0 Å². The summed E-state index contributed by atoms with van der Waals surface area (Å²) >= 11 is 2.80. The van der Waals surface area contributed by atoms with Gasteiger partial charge in [0.15, 0.2) is 0 Å². The van der Waals surface area contributed by atoms with E-state index >= 15 is 0 Å². The van der Waals surface area contributed by atoms with E-state index in [1.807, 2.05) is 0 Å². The van der Waals surface area contributed by atoms with E-state index in [9.17, 15) is 0 Å². The maximum atomic E-state index is 2.30. The molecule has 0 aromatic carbocycles. The van der Waals surface area contributed by atoms with E-state index in [1.165, 1.54) is 11.5 Å². The quantitative estimate of drug-likeness (QED) is 0.600. The van der Waals surface area contributed by atoms with E-state index in [1.54, 1.807) is 20.0 Å². The Morgan fingerprint density at radius 1 is 1.10 bits per heavy atom. The van der Waals surface area contributed by atoms with Crippen LogP contribution in [-0.2, 0) is 11.5 Å². The van der Waals surface area contributed by atoms with E-state index in [-0.39, 0.29) is 0 Å². The molecule has 0 atom stereocenters. The second-order valence-electron chi connectivity index (χ2n) is 2.66. The summed E-state index contributed by atoms with van der Waals surface area (Å²) < 4.78 is 3.37. The van der Waals surface area contributed by atoms with Crippen LogP contribution >= 0.6 is 11.8 Å². The van der Waals surface area contributed by atoms with Crippen molar-refractivity contribution in [3.05, 3.63) is 20.0 Å². The van der Waals surface area contributed by atoms with Crippen LogP contribution < -0.4 is 0 Å². The second-order valence-corrected chi connectivity index (χ2v) is 6.65. The number of aryl methyl sites for hydroxylation is 2. The van der Waals surface area contributed by atoms with Crippen molar-refractivity contribution < 1.29 is 0 Å². The molecule has 54 valence electrons. The second kappa shape index (κ2) is 2.44. The van der Waals surface area contributed by atoms with Crippen LogP contribution in [0.5, 0.6) is 0 Å². The maximum absolute atomic E-state index is 2.30. The first kappa shape index (κ1) is 7.02.